The number of thioether (sulfide) groups is 1. The van der Waals surface area contributed by atoms with E-state index in [2.05, 4.69) is 0 Å². The molecule has 0 aliphatic carbocycles. The van der Waals surface area contributed by atoms with Crippen molar-refractivity contribution in [2.45, 2.75) is 17.9 Å². The highest BCUT2D eigenvalue weighted by Gasteiger charge is 2.04. The van der Waals surface area contributed by atoms with Crippen LogP contribution in [0.5, 0.6) is 0 Å². The summed E-state index contributed by atoms with van der Waals surface area (Å²) >= 11 is 1.66. The number of benzene rings is 1. The van der Waals surface area contributed by atoms with Crippen molar-refractivity contribution in [3.8, 4) is 0 Å². The van der Waals surface area contributed by atoms with E-state index in [1.54, 1.807) is 18.7 Å². The Morgan fingerprint density at radius 1 is 1.36 bits per heavy atom. The van der Waals surface area contributed by atoms with Crippen LogP contribution in [0, 0.1) is 0 Å². The molecule has 1 aromatic carbocycles. The minimum atomic E-state index is -0.362. The molecule has 1 aromatic rings. The molecule has 0 fully saturated rings. The third-order valence-electron chi connectivity index (χ3n) is 1.59. The molecule has 1 nitrogen and oxygen atoms in total. The standard InChI is InChI=1S/C9H12OS/c1-7(10)8-5-3-4-6-9(8)11-2/h3-7,10H,1-2H3/t7-/m1/s1. The third kappa shape index (κ3) is 1.98. The topological polar surface area (TPSA) is 20.2 Å². The summed E-state index contributed by atoms with van der Waals surface area (Å²) in [5.41, 5.74) is 1.01. The SMILES string of the molecule is CSc1ccccc1[C@@H](C)O. The Hall–Kier alpha value is -0.470. The Morgan fingerprint density at radius 2 is 2.00 bits per heavy atom. The number of aliphatic hydroxyl groups is 1. The normalized spacial score (nSPS) is 13.0. The van der Waals surface area contributed by atoms with E-state index in [9.17, 15) is 5.11 Å². The van der Waals surface area contributed by atoms with Gasteiger partial charge in [0.25, 0.3) is 0 Å². The Morgan fingerprint density at radius 3 is 2.45 bits per heavy atom. The van der Waals surface area contributed by atoms with Gasteiger partial charge in [-0.25, -0.2) is 0 Å². The second kappa shape index (κ2) is 3.79. The zero-order valence-electron chi connectivity index (χ0n) is 6.74. The second-order valence-electron chi connectivity index (χ2n) is 2.42. The molecule has 1 N–H and O–H groups in total. The number of hydrogen-bond donors (Lipinski definition) is 1. The van der Waals surface area contributed by atoms with E-state index in [4.69, 9.17) is 0 Å². The van der Waals surface area contributed by atoms with Crippen molar-refractivity contribution in [3.05, 3.63) is 29.8 Å². The largest absolute Gasteiger partial charge is 0.389 e. The van der Waals surface area contributed by atoms with Crippen LogP contribution in [0.1, 0.15) is 18.6 Å². The lowest BCUT2D eigenvalue weighted by Gasteiger charge is -2.08. The van der Waals surface area contributed by atoms with Crippen LogP contribution in [0.25, 0.3) is 0 Å². The van der Waals surface area contributed by atoms with Gasteiger partial charge in [0.1, 0.15) is 0 Å². The van der Waals surface area contributed by atoms with Crippen LogP contribution in [0.4, 0.5) is 0 Å². The van der Waals surface area contributed by atoms with Gasteiger partial charge in [-0.05, 0) is 24.8 Å². The molecule has 0 saturated heterocycles. The monoisotopic (exact) mass is 168 g/mol. The fourth-order valence-corrected chi connectivity index (χ4v) is 1.70. The van der Waals surface area contributed by atoms with Gasteiger partial charge in [-0.1, -0.05) is 18.2 Å². The summed E-state index contributed by atoms with van der Waals surface area (Å²) in [6.45, 7) is 1.79. The Bertz CT molecular complexity index is 233. The predicted molar refractivity (Wildman–Crippen MR) is 48.9 cm³/mol. The summed E-state index contributed by atoms with van der Waals surface area (Å²) in [5, 5.41) is 9.32. The minimum Gasteiger partial charge on any atom is -0.389 e. The zero-order valence-corrected chi connectivity index (χ0v) is 7.56. The first-order valence-corrected chi connectivity index (χ1v) is 4.79. The van der Waals surface area contributed by atoms with Crippen molar-refractivity contribution in [2.24, 2.45) is 0 Å². The summed E-state index contributed by atoms with van der Waals surface area (Å²) in [4.78, 5) is 1.16. The molecule has 0 amide bonds. The molecule has 0 bridgehead atoms. The molecular formula is C9H12OS. The summed E-state index contributed by atoms with van der Waals surface area (Å²) in [6, 6.07) is 7.91. The Labute approximate surface area is 71.4 Å². The van der Waals surface area contributed by atoms with E-state index >= 15 is 0 Å². The maximum absolute atomic E-state index is 9.32. The molecule has 0 aromatic heterocycles. The van der Waals surface area contributed by atoms with Crippen molar-refractivity contribution in [1.29, 1.82) is 0 Å². The fourth-order valence-electron chi connectivity index (χ4n) is 1.01. The average molecular weight is 168 g/mol. The van der Waals surface area contributed by atoms with Gasteiger partial charge < -0.3 is 5.11 Å². The molecule has 0 saturated carbocycles. The summed E-state index contributed by atoms with van der Waals surface area (Å²) in [7, 11) is 0. The summed E-state index contributed by atoms with van der Waals surface area (Å²) in [6.07, 6.45) is 1.65. The average Bonchev–Trinajstić information content (AvgIpc) is 2.04. The van der Waals surface area contributed by atoms with Gasteiger partial charge in [0.15, 0.2) is 0 Å². The van der Waals surface area contributed by atoms with Crippen molar-refractivity contribution < 1.29 is 5.11 Å². The van der Waals surface area contributed by atoms with E-state index in [1.165, 1.54) is 0 Å². The van der Waals surface area contributed by atoms with Crippen LogP contribution in [-0.4, -0.2) is 11.4 Å². The van der Waals surface area contributed by atoms with E-state index < -0.39 is 0 Å². The smallest absolute Gasteiger partial charge is 0.0772 e. The molecule has 0 spiro atoms. The van der Waals surface area contributed by atoms with Crippen molar-refractivity contribution in [3.63, 3.8) is 0 Å². The van der Waals surface area contributed by atoms with E-state index in [0.29, 0.717) is 0 Å². The van der Waals surface area contributed by atoms with Crippen LogP contribution in [0.3, 0.4) is 0 Å². The first-order valence-electron chi connectivity index (χ1n) is 3.56. The lowest BCUT2D eigenvalue weighted by atomic mass is 10.1. The fraction of sp³-hybridized carbons (Fsp3) is 0.333. The predicted octanol–water partition coefficient (Wildman–Crippen LogP) is 2.46. The molecular weight excluding hydrogens is 156 g/mol. The van der Waals surface area contributed by atoms with Gasteiger partial charge in [-0.15, -0.1) is 11.8 Å². The molecule has 0 heterocycles. The highest BCUT2D eigenvalue weighted by atomic mass is 32.2. The molecule has 2 heteroatoms. The lowest BCUT2D eigenvalue weighted by Crippen LogP contribution is -1.92. The number of rotatable bonds is 2. The van der Waals surface area contributed by atoms with Gasteiger partial charge in [-0.3, -0.25) is 0 Å². The van der Waals surface area contributed by atoms with Crippen LogP contribution in [0.15, 0.2) is 29.2 Å². The maximum atomic E-state index is 9.32. The van der Waals surface area contributed by atoms with E-state index in [0.717, 1.165) is 10.5 Å². The van der Waals surface area contributed by atoms with Crippen LogP contribution in [0.2, 0.25) is 0 Å². The van der Waals surface area contributed by atoms with Gasteiger partial charge in [0.05, 0.1) is 6.10 Å². The lowest BCUT2D eigenvalue weighted by molar-refractivity contribution is 0.196. The molecule has 0 aliphatic rings. The van der Waals surface area contributed by atoms with Gasteiger partial charge in [0.2, 0.25) is 0 Å². The Kier molecular flexibility index (Phi) is 2.97. The first kappa shape index (κ1) is 8.62. The third-order valence-corrected chi connectivity index (χ3v) is 2.40. The molecule has 0 radical (unpaired) electrons. The highest BCUT2D eigenvalue weighted by molar-refractivity contribution is 7.98. The molecule has 0 aliphatic heterocycles. The van der Waals surface area contributed by atoms with Crippen LogP contribution >= 0.6 is 11.8 Å². The van der Waals surface area contributed by atoms with Crippen LogP contribution in [-0.2, 0) is 0 Å². The van der Waals surface area contributed by atoms with Gasteiger partial charge in [-0.2, -0.15) is 0 Å². The van der Waals surface area contributed by atoms with Crippen molar-refractivity contribution >= 4 is 11.8 Å². The first-order chi connectivity index (χ1) is 5.25. The number of hydrogen-bond acceptors (Lipinski definition) is 2. The molecule has 1 rings (SSSR count). The van der Waals surface area contributed by atoms with E-state index in [1.807, 2.05) is 30.5 Å². The maximum Gasteiger partial charge on any atom is 0.0772 e. The Balaban J connectivity index is 3.02. The molecule has 0 unspecified atom stereocenters. The quantitative estimate of drug-likeness (QED) is 0.684. The van der Waals surface area contributed by atoms with Crippen molar-refractivity contribution in [2.75, 3.05) is 6.26 Å². The minimum absolute atomic E-state index is 0.362. The van der Waals surface area contributed by atoms with E-state index in [-0.39, 0.29) is 6.10 Å². The summed E-state index contributed by atoms with van der Waals surface area (Å²) < 4.78 is 0. The second-order valence-corrected chi connectivity index (χ2v) is 3.27. The van der Waals surface area contributed by atoms with Gasteiger partial charge in [0, 0.05) is 4.90 Å². The zero-order chi connectivity index (χ0) is 8.27. The highest BCUT2D eigenvalue weighted by Crippen LogP contribution is 2.24. The summed E-state index contributed by atoms with van der Waals surface area (Å²) in [5.74, 6) is 0. The van der Waals surface area contributed by atoms with Crippen molar-refractivity contribution in [1.82, 2.24) is 0 Å². The molecule has 60 valence electrons. The molecule has 11 heavy (non-hydrogen) atoms. The molecule has 1 atom stereocenters. The van der Waals surface area contributed by atoms with Gasteiger partial charge >= 0.3 is 0 Å². The number of aliphatic hydroxyl groups excluding tert-OH is 1. The van der Waals surface area contributed by atoms with Crippen LogP contribution < -0.4 is 0 Å².